The van der Waals surface area contributed by atoms with Gasteiger partial charge in [-0.05, 0) is 61.2 Å². The number of hydrogen-bond donors (Lipinski definition) is 1. The van der Waals surface area contributed by atoms with Gasteiger partial charge in [0.25, 0.3) is 0 Å². The highest BCUT2D eigenvalue weighted by atomic mass is 32.2. The highest BCUT2D eigenvalue weighted by Gasteiger charge is 2.74. The van der Waals surface area contributed by atoms with Gasteiger partial charge in [0.2, 0.25) is 0 Å². The largest absolute Gasteiger partial charge is 0.743 e. The first-order chi connectivity index (χ1) is 10.5. The molecule has 0 aromatic heterocycles. The molecular formula is C14H17F4O4S-. The van der Waals surface area contributed by atoms with Crippen LogP contribution < -0.4 is 0 Å². The van der Waals surface area contributed by atoms with Crippen molar-refractivity contribution in [3.05, 3.63) is 0 Å². The van der Waals surface area contributed by atoms with Crippen molar-refractivity contribution in [2.75, 3.05) is 0 Å². The smallest absolute Gasteiger partial charge is 0.396 e. The SMILES string of the molecule is O=S(=O)([O-])C(F)(F)C(F)(F)C1CC2CC1C1C3CC(CC3O)C21. The summed E-state index contributed by atoms with van der Waals surface area (Å²) in [7, 11) is -6.44. The van der Waals surface area contributed by atoms with Gasteiger partial charge in [-0.25, -0.2) is 8.42 Å². The second-order valence-corrected chi connectivity index (χ2v) is 9.13. The second-order valence-electron chi connectivity index (χ2n) is 7.71. The van der Waals surface area contributed by atoms with E-state index in [1.165, 1.54) is 0 Å². The number of aliphatic hydroxyl groups is 1. The van der Waals surface area contributed by atoms with E-state index in [4.69, 9.17) is 0 Å². The molecule has 1 N–H and O–H groups in total. The predicted octanol–water partition coefficient (Wildman–Crippen LogP) is 2.05. The lowest BCUT2D eigenvalue weighted by Crippen LogP contribution is -2.54. The van der Waals surface area contributed by atoms with Crippen LogP contribution in [0.3, 0.4) is 0 Å². The zero-order chi connectivity index (χ0) is 16.9. The maximum atomic E-state index is 14.3. The van der Waals surface area contributed by atoms with Crippen molar-refractivity contribution in [1.82, 2.24) is 0 Å². The maximum Gasteiger partial charge on any atom is 0.396 e. The molecule has 4 nitrogen and oxygen atoms in total. The molecule has 0 spiro atoms. The summed E-state index contributed by atoms with van der Waals surface area (Å²) in [6, 6.07) is 0. The first kappa shape index (κ1) is 16.1. The Morgan fingerprint density at radius 2 is 1.48 bits per heavy atom. The number of alkyl halides is 4. The topological polar surface area (TPSA) is 77.4 Å². The number of rotatable bonds is 3. The molecule has 4 aliphatic rings. The van der Waals surface area contributed by atoms with Crippen LogP contribution in [-0.4, -0.2) is 35.4 Å². The van der Waals surface area contributed by atoms with Crippen LogP contribution >= 0.6 is 0 Å². The van der Waals surface area contributed by atoms with Crippen LogP contribution in [0.4, 0.5) is 17.6 Å². The van der Waals surface area contributed by atoms with Crippen molar-refractivity contribution in [3.8, 4) is 0 Å². The Labute approximate surface area is 131 Å². The molecule has 0 heterocycles. The molecule has 4 rings (SSSR count). The number of hydrogen-bond acceptors (Lipinski definition) is 4. The average Bonchev–Trinajstić information content (AvgIpc) is 3.13. The third-order valence-corrected chi connectivity index (χ3v) is 7.85. The van der Waals surface area contributed by atoms with E-state index in [1.807, 2.05) is 0 Å². The van der Waals surface area contributed by atoms with Gasteiger partial charge < -0.3 is 9.66 Å². The quantitative estimate of drug-likeness (QED) is 0.476. The molecular weight excluding hydrogens is 340 g/mol. The van der Waals surface area contributed by atoms with Crippen molar-refractivity contribution in [3.63, 3.8) is 0 Å². The summed E-state index contributed by atoms with van der Waals surface area (Å²) in [6.07, 6.45) is 0.992. The van der Waals surface area contributed by atoms with Gasteiger partial charge in [0.05, 0.1) is 6.10 Å². The fourth-order valence-corrected chi connectivity index (χ4v) is 6.85. The summed E-state index contributed by atoms with van der Waals surface area (Å²) >= 11 is 0. The van der Waals surface area contributed by atoms with Gasteiger partial charge in [0.15, 0.2) is 10.1 Å². The van der Waals surface area contributed by atoms with E-state index < -0.39 is 39.2 Å². The van der Waals surface area contributed by atoms with Crippen LogP contribution in [0.2, 0.25) is 0 Å². The third kappa shape index (κ3) is 1.81. The second kappa shape index (κ2) is 4.40. The Morgan fingerprint density at radius 3 is 2.09 bits per heavy atom. The minimum Gasteiger partial charge on any atom is -0.743 e. The van der Waals surface area contributed by atoms with E-state index >= 15 is 0 Å². The molecule has 4 bridgehead atoms. The third-order valence-electron chi connectivity index (χ3n) is 6.95. The van der Waals surface area contributed by atoms with Gasteiger partial charge in [-0.15, -0.1) is 0 Å². The lowest BCUT2D eigenvalue weighted by atomic mass is 9.65. The summed E-state index contributed by atoms with van der Waals surface area (Å²) in [6.45, 7) is 0. The molecule has 0 aliphatic heterocycles. The molecule has 0 aromatic carbocycles. The zero-order valence-electron chi connectivity index (χ0n) is 12.0. The fourth-order valence-electron chi connectivity index (χ4n) is 6.37. The Hall–Kier alpha value is -0.410. The molecule has 0 amide bonds. The van der Waals surface area contributed by atoms with E-state index in [0.717, 1.165) is 6.42 Å². The van der Waals surface area contributed by atoms with Crippen LogP contribution in [-0.2, 0) is 10.1 Å². The van der Waals surface area contributed by atoms with Crippen LogP contribution in [0, 0.1) is 41.4 Å². The molecule has 0 aromatic rings. The van der Waals surface area contributed by atoms with Crippen LogP contribution in [0.25, 0.3) is 0 Å². The molecule has 23 heavy (non-hydrogen) atoms. The van der Waals surface area contributed by atoms with E-state index in [0.29, 0.717) is 12.8 Å². The van der Waals surface area contributed by atoms with Crippen molar-refractivity contribution in [2.45, 2.75) is 43.0 Å². The molecule has 8 atom stereocenters. The molecule has 9 heteroatoms. The van der Waals surface area contributed by atoms with Gasteiger partial charge in [-0.1, -0.05) is 0 Å². The minimum atomic E-state index is -6.44. The molecule has 4 aliphatic carbocycles. The van der Waals surface area contributed by atoms with Gasteiger partial charge in [0.1, 0.15) is 0 Å². The Bertz CT molecular complexity index is 637. The summed E-state index contributed by atoms with van der Waals surface area (Å²) < 4.78 is 87.6. The number of fused-ring (bicyclic) bond motifs is 9. The lowest BCUT2D eigenvalue weighted by Gasteiger charge is -2.44. The highest BCUT2D eigenvalue weighted by Crippen LogP contribution is 2.71. The van der Waals surface area contributed by atoms with E-state index in [-0.39, 0.29) is 36.0 Å². The number of halogens is 4. The summed E-state index contributed by atoms with van der Waals surface area (Å²) in [5.74, 6) is -7.51. The van der Waals surface area contributed by atoms with Crippen LogP contribution in [0.5, 0.6) is 0 Å². The average molecular weight is 357 g/mol. The lowest BCUT2D eigenvalue weighted by molar-refractivity contribution is -0.211. The summed E-state index contributed by atoms with van der Waals surface area (Å²) in [5.41, 5.74) is 0. The Morgan fingerprint density at radius 1 is 0.913 bits per heavy atom. The minimum absolute atomic E-state index is 0.131. The molecule has 4 saturated carbocycles. The highest BCUT2D eigenvalue weighted by molar-refractivity contribution is 7.86. The van der Waals surface area contributed by atoms with Crippen molar-refractivity contribution in [1.29, 1.82) is 0 Å². The fraction of sp³-hybridized carbons (Fsp3) is 1.00. The zero-order valence-corrected chi connectivity index (χ0v) is 12.9. The molecule has 0 radical (unpaired) electrons. The van der Waals surface area contributed by atoms with Crippen LogP contribution in [0.15, 0.2) is 0 Å². The van der Waals surface area contributed by atoms with Gasteiger partial charge in [-0.2, -0.15) is 17.6 Å². The van der Waals surface area contributed by atoms with Crippen LogP contribution in [0.1, 0.15) is 25.7 Å². The normalized spacial score (nSPS) is 49.0. The van der Waals surface area contributed by atoms with E-state index in [2.05, 4.69) is 0 Å². The predicted molar refractivity (Wildman–Crippen MR) is 68.5 cm³/mol. The first-order valence-electron chi connectivity index (χ1n) is 7.86. The number of aliphatic hydroxyl groups excluding tert-OH is 1. The van der Waals surface area contributed by atoms with Gasteiger partial charge in [0, 0.05) is 5.92 Å². The summed E-state index contributed by atoms with van der Waals surface area (Å²) in [5, 5.41) is 4.39. The standard InChI is InChI=1S/C14H18F4O4S/c15-13(16,14(17,18)23(20,21)22)9-3-5-1-7(9)12-8-2-6(11(5)12)4-10(8)19/h5-12,19H,1-4H2,(H,20,21,22)/p-1. The summed E-state index contributed by atoms with van der Waals surface area (Å²) in [4.78, 5) is 0. The Balaban J connectivity index is 1.66. The molecule has 0 saturated heterocycles. The monoisotopic (exact) mass is 357 g/mol. The van der Waals surface area contributed by atoms with E-state index in [1.54, 1.807) is 0 Å². The Kier molecular flexibility index (Phi) is 3.08. The maximum absolute atomic E-state index is 14.3. The van der Waals surface area contributed by atoms with E-state index in [9.17, 15) is 35.6 Å². The first-order valence-corrected chi connectivity index (χ1v) is 9.26. The van der Waals surface area contributed by atoms with Gasteiger partial charge >= 0.3 is 11.2 Å². The van der Waals surface area contributed by atoms with Crippen molar-refractivity contribution >= 4 is 10.1 Å². The van der Waals surface area contributed by atoms with Crippen molar-refractivity contribution in [2.24, 2.45) is 41.4 Å². The molecule has 4 fully saturated rings. The molecule has 132 valence electrons. The molecule has 8 unspecified atom stereocenters. The van der Waals surface area contributed by atoms with Gasteiger partial charge in [-0.3, -0.25) is 0 Å². The van der Waals surface area contributed by atoms with Crippen molar-refractivity contribution < 1.29 is 35.6 Å².